The molecule has 0 radical (unpaired) electrons. The highest BCUT2D eigenvalue weighted by Gasteiger charge is 2.25. The maximum atomic E-state index is 12.0. The third-order valence-electron chi connectivity index (χ3n) is 4.43. The number of rotatable bonds is 6. The van der Waals surface area contributed by atoms with Crippen LogP contribution >= 0.6 is 11.9 Å². The Morgan fingerprint density at radius 3 is 2.26 bits per heavy atom. The number of hydrogen-bond donors (Lipinski definition) is 0. The van der Waals surface area contributed by atoms with Gasteiger partial charge in [-0.1, -0.05) is 24.9 Å². The van der Waals surface area contributed by atoms with Crippen molar-refractivity contribution in [2.75, 3.05) is 19.3 Å². The smallest absolute Gasteiger partial charge is 0.334 e. The van der Waals surface area contributed by atoms with Gasteiger partial charge in [0.2, 0.25) is 0 Å². The largest absolute Gasteiger partial charge is 0.462 e. The number of ether oxygens (including phenoxy) is 2. The molecule has 0 aromatic carbocycles. The van der Waals surface area contributed by atoms with Gasteiger partial charge in [-0.25, -0.2) is 4.79 Å². The Morgan fingerprint density at radius 1 is 1.04 bits per heavy atom. The van der Waals surface area contributed by atoms with E-state index >= 15 is 0 Å². The van der Waals surface area contributed by atoms with Gasteiger partial charge in [-0.05, 0) is 44.8 Å². The molecule has 2 fully saturated rings. The fourth-order valence-corrected chi connectivity index (χ4v) is 3.60. The van der Waals surface area contributed by atoms with Gasteiger partial charge in [-0.2, -0.15) is 0 Å². The third kappa shape index (κ3) is 6.18. The second-order valence-electron chi connectivity index (χ2n) is 6.25. The highest BCUT2D eigenvalue weighted by molar-refractivity contribution is 7.96. The molecule has 1 heterocycles. The molecule has 6 heteroatoms. The standard InChI is InChI=1S/C17H27NO4S/c1-13(12-16(19)21-14-6-4-3-5-7-14)17(20)22-15-8-10-18(23-2)11-9-15/h14-15H,1,3-12H2,2H3. The maximum Gasteiger partial charge on any atom is 0.334 e. The van der Waals surface area contributed by atoms with Crippen LogP contribution in [0.5, 0.6) is 0 Å². The van der Waals surface area contributed by atoms with Crippen LogP contribution in [0.15, 0.2) is 12.2 Å². The SMILES string of the molecule is C=C(CC(=O)OC1CCCCC1)C(=O)OC1CCN(SC)CC1. The van der Waals surface area contributed by atoms with Gasteiger partial charge >= 0.3 is 11.9 Å². The lowest BCUT2D eigenvalue weighted by atomic mass is 9.98. The zero-order chi connectivity index (χ0) is 16.7. The number of carbonyl (C=O) groups excluding carboxylic acids is 2. The quantitative estimate of drug-likeness (QED) is 0.420. The van der Waals surface area contributed by atoms with Gasteiger partial charge < -0.3 is 9.47 Å². The summed E-state index contributed by atoms with van der Waals surface area (Å²) in [6.45, 7) is 5.52. The summed E-state index contributed by atoms with van der Waals surface area (Å²) >= 11 is 1.71. The van der Waals surface area contributed by atoms with Gasteiger partial charge in [0.25, 0.3) is 0 Å². The zero-order valence-corrected chi connectivity index (χ0v) is 14.7. The first-order valence-electron chi connectivity index (χ1n) is 8.45. The van der Waals surface area contributed by atoms with E-state index in [4.69, 9.17) is 9.47 Å². The molecule has 2 rings (SSSR count). The molecule has 0 atom stereocenters. The molecular formula is C17H27NO4S. The topological polar surface area (TPSA) is 55.8 Å². The van der Waals surface area contributed by atoms with E-state index in [9.17, 15) is 9.59 Å². The Balaban J connectivity index is 1.68. The summed E-state index contributed by atoms with van der Waals surface area (Å²) in [5.41, 5.74) is 0.193. The third-order valence-corrected chi connectivity index (χ3v) is 5.31. The molecular weight excluding hydrogens is 314 g/mol. The van der Waals surface area contributed by atoms with Crippen molar-refractivity contribution in [2.45, 2.75) is 63.6 Å². The Morgan fingerprint density at radius 2 is 1.65 bits per heavy atom. The minimum atomic E-state index is -0.465. The number of esters is 2. The first-order valence-corrected chi connectivity index (χ1v) is 9.64. The van der Waals surface area contributed by atoms with Crippen molar-refractivity contribution >= 4 is 23.9 Å². The van der Waals surface area contributed by atoms with E-state index in [0.717, 1.165) is 51.6 Å². The van der Waals surface area contributed by atoms with Crippen LogP contribution in [-0.4, -0.2) is 47.8 Å². The van der Waals surface area contributed by atoms with Crippen molar-refractivity contribution in [3.05, 3.63) is 12.2 Å². The number of nitrogens with zero attached hydrogens (tertiary/aromatic N) is 1. The second kappa shape index (κ2) is 9.33. The molecule has 0 aromatic rings. The predicted octanol–water partition coefficient (Wildman–Crippen LogP) is 3.09. The lowest BCUT2D eigenvalue weighted by Gasteiger charge is -2.29. The Labute approximate surface area is 142 Å². The lowest BCUT2D eigenvalue weighted by molar-refractivity contribution is -0.153. The minimum Gasteiger partial charge on any atom is -0.462 e. The van der Waals surface area contributed by atoms with E-state index in [1.165, 1.54) is 6.42 Å². The van der Waals surface area contributed by atoms with E-state index in [-0.39, 0.29) is 30.2 Å². The monoisotopic (exact) mass is 341 g/mol. The first kappa shape index (κ1) is 18.3. The van der Waals surface area contributed by atoms with E-state index in [1.807, 2.05) is 6.26 Å². The van der Waals surface area contributed by atoms with Gasteiger partial charge in [0.05, 0.1) is 6.42 Å². The van der Waals surface area contributed by atoms with E-state index < -0.39 is 5.97 Å². The molecule has 0 aromatic heterocycles. The highest BCUT2D eigenvalue weighted by atomic mass is 32.2. The summed E-state index contributed by atoms with van der Waals surface area (Å²) in [5, 5.41) is 0. The van der Waals surface area contributed by atoms with Gasteiger partial charge in [0.1, 0.15) is 12.2 Å². The molecule has 5 nitrogen and oxygen atoms in total. The predicted molar refractivity (Wildman–Crippen MR) is 90.9 cm³/mol. The van der Waals surface area contributed by atoms with Crippen molar-refractivity contribution in [3.8, 4) is 0 Å². The molecule has 1 aliphatic carbocycles. The fourth-order valence-electron chi connectivity index (χ4n) is 3.02. The summed E-state index contributed by atoms with van der Waals surface area (Å²) in [5.74, 6) is -0.829. The van der Waals surface area contributed by atoms with E-state index in [0.29, 0.717) is 0 Å². The van der Waals surface area contributed by atoms with Crippen molar-refractivity contribution < 1.29 is 19.1 Å². The number of hydrogen-bond acceptors (Lipinski definition) is 6. The first-order chi connectivity index (χ1) is 11.1. The summed E-state index contributed by atoms with van der Waals surface area (Å²) in [4.78, 5) is 23.9. The summed E-state index contributed by atoms with van der Waals surface area (Å²) in [6.07, 6.45) is 8.85. The summed E-state index contributed by atoms with van der Waals surface area (Å²) in [7, 11) is 0. The van der Waals surface area contributed by atoms with Crippen molar-refractivity contribution in [1.29, 1.82) is 0 Å². The molecule has 23 heavy (non-hydrogen) atoms. The van der Waals surface area contributed by atoms with E-state index in [2.05, 4.69) is 10.9 Å². The highest BCUT2D eigenvalue weighted by Crippen LogP contribution is 2.22. The molecule has 0 bridgehead atoms. The van der Waals surface area contributed by atoms with Crippen LogP contribution in [0.2, 0.25) is 0 Å². The molecule has 2 aliphatic rings. The van der Waals surface area contributed by atoms with Crippen LogP contribution < -0.4 is 0 Å². The Kier molecular flexibility index (Phi) is 7.43. The Bertz CT molecular complexity index is 426. The number of carbonyl (C=O) groups is 2. The fraction of sp³-hybridized carbons (Fsp3) is 0.765. The normalized spacial score (nSPS) is 20.9. The Hall–Kier alpha value is -1.01. The number of piperidine rings is 1. The summed E-state index contributed by atoms with van der Waals surface area (Å²) in [6, 6.07) is 0. The second-order valence-corrected chi connectivity index (χ2v) is 7.13. The molecule has 130 valence electrons. The average Bonchev–Trinajstić information content (AvgIpc) is 2.56. The molecule has 0 N–H and O–H groups in total. The molecule has 0 amide bonds. The van der Waals surface area contributed by atoms with Crippen LogP contribution in [0, 0.1) is 0 Å². The van der Waals surface area contributed by atoms with Crippen molar-refractivity contribution in [3.63, 3.8) is 0 Å². The maximum absolute atomic E-state index is 12.0. The van der Waals surface area contributed by atoms with Crippen LogP contribution in [0.1, 0.15) is 51.4 Å². The molecule has 0 spiro atoms. The van der Waals surface area contributed by atoms with Crippen molar-refractivity contribution in [2.24, 2.45) is 0 Å². The van der Waals surface area contributed by atoms with Crippen LogP contribution in [0.3, 0.4) is 0 Å². The van der Waals surface area contributed by atoms with Gasteiger partial charge in [-0.3, -0.25) is 9.10 Å². The van der Waals surface area contributed by atoms with Crippen LogP contribution in [0.25, 0.3) is 0 Å². The van der Waals surface area contributed by atoms with Gasteiger partial charge in [0, 0.05) is 18.7 Å². The van der Waals surface area contributed by atoms with Crippen LogP contribution in [0.4, 0.5) is 0 Å². The summed E-state index contributed by atoms with van der Waals surface area (Å²) < 4.78 is 13.1. The van der Waals surface area contributed by atoms with Crippen molar-refractivity contribution in [1.82, 2.24) is 4.31 Å². The average molecular weight is 341 g/mol. The molecule has 1 aliphatic heterocycles. The minimum absolute atomic E-state index is 0.0101. The lowest BCUT2D eigenvalue weighted by Crippen LogP contribution is -2.34. The molecule has 1 saturated carbocycles. The molecule has 0 unspecified atom stereocenters. The van der Waals surface area contributed by atoms with Gasteiger partial charge in [0.15, 0.2) is 0 Å². The molecule has 1 saturated heterocycles. The van der Waals surface area contributed by atoms with Crippen LogP contribution in [-0.2, 0) is 19.1 Å². The van der Waals surface area contributed by atoms with Gasteiger partial charge in [-0.15, -0.1) is 0 Å². The zero-order valence-electron chi connectivity index (χ0n) is 13.9. The van der Waals surface area contributed by atoms with E-state index in [1.54, 1.807) is 11.9 Å².